The van der Waals surface area contributed by atoms with Crippen molar-refractivity contribution >= 4 is 43.7 Å². The van der Waals surface area contributed by atoms with Crippen LogP contribution in [0.3, 0.4) is 0 Å². The number of rotatable bonds is 6. The Morgan fingerprint density at radius 2 is 0.875 bits per heavy atom. The summed E-state index contributed by atoms with van der Waals surface area (Å²) < 4.78 is 8.83. The molecule has 0 saturated heterocycles. The van der Waals surface area contributed by atoms with Crippen LogP contribution in [0, 0.1) is 0 Å². The SMILES string of the molecule is c1ccc(-c2ccccc2-c2nc(-c3ccc(-c4cccc5c4c4ccccc4n5-c4ccccc4)cc3)nc(-c3cccc4c3oc3ccccc34)n2)cc1. The van der Waals surface area contributed by atoms with E-state index < -0.39 is 0 Å². The molecule has 0 radical (unpaired) electrons. The van der Waals surface area contributed by atoms with E-state index in [2.05, 4.69) is 156 Å². The number of aromatic nitrogens is 4. The summed E-state index contributed by atoms with van der Waals surface area (Å²) in [4.78, 5) is 15.5. The van der Waals surface area contributed by atoms with E-state index in [0.717, 1.165) is 61.0 Å². The highest BCUT2D eigenvalue weighted by atomic mass is 16.3. The average Bonchev–Trinajstić information content (AvgIpc) is 3.83. The van der Waals surface area contributed by atoms with E-state index in [1.165, 1.54) is 27.4 Å². The monoisotopic (exact) mass is 716 g/mol. The largest absolute Gasteiger partial charge is 0.455 e. The van der Waals surface area contributed by atoms with E-state index >= 15 is 0 Å². The maximum absolute atomic E-state index is 6.48. The number of para-hydroxylation sites is 4. The molecule has 0 fully saturated rings. The molecular formula is C51H32N4O. The molecule has 0 amide bonds. The molecule has 0 aliphatic heterocycles. The van der Waals surface area contributed by atoms with E-state index in [0.29, 0.717) is 17.5 Å². The normalized spacial score (nSPS) is 11.6. The van der Waals surface area contributed by atoms with Crippen LogP contribution in [0.4, 0.5) is 0 Å². The first kappa shape index (κ1) is 31.9. The van der Waals surface area contributed by atoms with E-state index in [1.54, 1.807) is 0 Å². The summed E-state index contributed by atoms with van der Waals surface area (Å²) in [6.45, 7) is 0. The minimum atomic E-state index is 0.556. The van der Waals surface area contributed by atoms with Crippen LogP contribution in [0.5, 0.6) is 0 Å². The van der Waals surface area contributed by atoms with E-state index in [-0.39, 0.29) is 0 Å². The van der Waals surface area contributed by atoms with Crippen molar-refractivity contribution in [1.29, 1.82) is 0 Å². The second-order valence-electron chi connectivity index (χ2n) is 14.0. The molecule has 0 aliphatic rings. The molecular weight excluding hydrogens is 685 g/mol. The lowest BCUT2D eigenvalue weighted by Crippen LogP contribution is -2.01. The summed E-state index contributed by atoms with van der Waals surface area (Å²) in [6.07, 6.45) is 0. The third kappa shape index (κ3) is 5.21. The Labute approximate surface area is 322 Å². The van der Waals surface area contributed by atoms with Gasteiger partial charge in [0.05, 0.1) is 16.6 Å². The van der Waals surface area contributed by atoms with Gasteiger partial charge >= 0.3 is 0 Å². The Morgan fingerprint density at radius 1 is 0.339 bits per heavy atom. The van der Waals surface area contributed by atoms with Crippen molar-refractivity contribution in [2.45, 2.75) is 0 Å². The van der Waals surface area contributed by atoms with Crippen LogP contribution >= 0.6 is 0 Å². The van der Waals surface area contributed by atoms with Crippen LogP contribution in [0.25, 0.3) is 106 Å². The standard InChI is InChI=1S/C51H32N4O/c1-3-15-33(16-4-1)37-19-7-8-21-41(37)50-52-49(53-51(54-50)43-25-13-24-40-39-20-10-12-28-46(39)56-48(40)43)35-31-29-34(30-32-35)38-23-14-27-45-47(38)42-22-9-11-26-44(42)55(45)36-17-5-2-6-18-36/h1-32H. The molecule has 3 heterocycles. The lowest BCUT2D eigenvalue weighted by atomic mass is 9.98. The minimum absolute atomic E-state index is 0.556. The molecule has 0 N–H and O–H groups in total. The zero-order valence-electron chi connectivity index (χ0n) is 30.2. The third-order valence-corrected chi connectivity index (χ3v) is 10.7. The summed E-state index contributed by atoms with van der Waals surface area (Å²) in [7, 11) is 0. The van der Waals surface area contributed by atoms with Gasteiger partial charge in [0.15, 0.2) is 17.5 Å². The topological polar surface area (TPSA) is 56.7 Å². The fourth-order valence-electron chi connectivity index (χ4n) is 8.13. The maximum Gasteiger partial charge on any atom is 0.167 e. The van der Waals surface area contributed by atoms with Gasteiger partial charge in [-0.1, -0.05) is 158 Å². The van der Waals surface area contributed by atoms with Crippen LogP contribution < -0.4 is 0 Å². The predicted molar refractivity (Wildman–Crippen MR) is 229 cm³/mol. The Hall–Kier alpha value is -7.63. The molecule has 0 bridgehead atoms. The first-order valence-electron chi connectivity index (χ1n) is 18.8. The molecule has 5 heteroatoms. The fraction of sp³-hybridized carbons (Fsp3) is 0. The lowest BCUT2D eigenvalue weighted by Gasteiger charge is -2.12. The van der Waals surface area contributed by atoms with Gasteiger partial charge in [-0.15, -0.1) is 0 Å². The van der Waals surface area contributed by atoms with Crippen molar-refractivity contribution in [2.24, 2.45) is 0 Å². The molecule has 3 aromatic heterocycles. The number of benzene rings is 8. The van der Waals surface area contributed by atoms with Gasteiger partial charge < -0.3 is 8.98 Å². The van der Waals surface area contributed by atoms with Gasteiger partial charge in [0.25, 0.3) is 0 Å². The van der Waals surface area contributed by atoms with Crippen molar-refractivity contribution in [3.05, 3.63) is 194 Å². The van der Waals surface area contributed by atoms with Crippen molar-refractivity contribution in [1.82, 2.24) is 19.5 Å². The maximum atomic E-state index is 6.48. The molecule has 56 heavy (non-hydrogen) atoms. The molecule has 262 valence electrons. The van der Waals surface area contributed by atoms with Crippen molar-refractivity contribution < 1.29 is 4.42 Å². The Bertz CT molecular complexity index is 3240. The van der Waals surface area contributed by atoms with Gasteiger partial charge in [-0.2, -0.15) is 0 Å². The molecule has 5 nitrogen and oxygen atoms in total. The highest BCUT2D eigenvalue weighted by Crippen LogP contribution is 2.40. The predicted octanol–water partition coefficient (Wildman–Crippen LogP) is 13.2. The summed E-state index contributed by atoms with van der Waals surface area (Å²) in [6, 6.07) is 67.4. The van der Waals surface area contributed by atoms with Gasteiger partial charge in [0.2, 0.25) is 0 Å². The summed E-state index contributed by atoms with van der Waals surface area (Å²) in [5.74, 6) is 1.74. The molecule has 11 aromatic rings. The number of hydrogen-bond donors (Lipinski definition) is 0. The van der Waals surface area contributed by atoms with E-state index in [9.17, 15) is 0 Å². The molecule has 0 spiro atoms. The van der Waals surface area contributed by atoms with E-state index in [1.807, 2.05) is 42.5 Å². The minimum Gasteiger partial charge on any atom is -0.455 e. The molecule has 0 saturated carbocycles. The first-order valence-corrected chi connectivity index (χ1v) is 18.8. The Balaban J connectivity index is 1.09. The summed E-state index contributed by atoms with van der Waals surface area (Å²) in [5, 5.41) is 4.53. The van der Waals surface area contributed by atoms with Gasteiger partial charge in [0, 0.05) is 38.4 Å². The fourth-order valence-corrected chi connectivity index (χ4v) is 8.13. The van der Waals surface area contributed by atoms with Crippen LogP contribution in [0.15, 0.2) is 199 Å². The highest BCUT2D eigenvalue weighted by Gasteiger charge is 2.20. The lowest BCUT2D eigenvalue weighted by molar-refractivity contribution is 0.669. The van der Waals surface area contributed by atoms with Crippen molar-refractivity contribution in [3.63, 3.8) is 0 Å². The molecule has 0 aliphatic carbocycles. The quantitative estimate of drug-likeness (QED) is 0.172. The number of hydrogen-bond acceptors (Lipinski definition) is 4. The van der Waals surface area contributed by atoms with Gasteiger partial charge in [0.1, 0.15) is 11.2 Å². The van der Waals surface area contributed by atoms with Crippen LogP contribution in [0.2, 0.25) is 0 Å². The zero-order chi connectivity index (χ0) is 37.0. The Kier molecular flexibility index (Phi) is 7.42. The number of nitrogens with zero attached hydrogens (tertiary/aromatic N) is 4. The average molecular weight is 717 g/mol. The second kappa shape index (κ2) is 13.0. The summed E-state index contributed by atoms with van der Waals surface area (Å²) in [5.41, 5.74) is 12.2. The number of furan rings is 1. The first-order chi connectivity index (χ1) is 27.8. The van der Waals surface area contributed by atoms with Crippen LogP contribution in [0.1, 0.15) is 0 Å². The molecule has 0 unspecified atom stereocenters. The van der Waals surface area contributed by atoms with Crippen LogP contribution in [-0.4, -0.2) is 19.5 Å². The van der Waals surface area contributed by atoms with Crippen molar-refractivity contribution in [2.75, 3.05) is 0 Å². The third-order valence-electron chi connectivity index (χ3n) is 10.7. The van der Waals surface area contributed by atoms with Crippen LogP contribution in [-0.2, 0) is 0 Å². The molecule has 11 rings (SSSR count). The highest BCUT2D eigenvalue weighted by molar-refractivity contribution is 6.16. The summed E-state index contributed by atoms with van der Waals surface area (Å²) >= 11 is 0. The van der Waals surface area contributed by atoms with Gasteiger partial charge in [-0.25, -0.2) is 15.0 Å². The molecule has 0 atom stereocenters. The van der Waals surface area contributed by atoms with Crippen molar-refractivity contribution in [3.8, 4) is 62.1 Å². The molecule has 8 aromatic carbocycles. The van der Waals surface area contributed by atoms with E-state index in [4.69, 9.17) is 19.4 Å². The smallest absolute Gasteiger partial charge is 0.167 e. The number of fused-ring (bicyclic) bond motifs is 6. The van der Waals surface area contributed by atoms with Gasteiger partial charge in [-0.3, -0.25) is 0 Å². The van der Waals surface area contributed by atoms with Gasteiger partial charge in [-0.05, 0) is 58.7 Å². The second-order valence-corrected chi connectivity index (χ2v) is 14.0. The Morgan fingerprint density at radius 3 is 1.70 bits per heavy atom. The zero-order valence-corrected chi connectivity index (χ0v) is 30.2.